The molecule has 90 valence electrons. The molecule has 0 aliphatic heterocycles. The first-order chi connectivity index (χ1) is 8.24. The highest BCUT2D eigenvalue weighted by molar-refractivity contribution is 5.85. The maximum Gasteiger partial charge on any atom is 0.0368 e. The van der Waals surface area contributed by atoms with Crippen LogP contribution in [0.4, 0.5) is 5.69 Å². The molecule has 1 aliphatic carbocycles. The molecule has 1 aromatic heterocycles. The number of rotatable bonds is 2. The van der Waals surface area contributed by atoms with Gasteiger partial charge in [-0.2, -0.15) is 0 Å². The molecule has 2 aromatic rings. The quantitative estimate of drug-likeness (QED) is 0.758. The monoisotopic (exact) mass is 228 g/mol. The van der Waals surface area contributed by atoms with E-state index in [1.54, 1.807) is 0 Å². The topological polar surface area (TPSA) is 8.17 Å². The van der Waals surface area contributed by atoms with Crippen LogP contribution in [0.3, 0.4) is 0 Å². The average Bonchev–Trinajstić information content (AvgIpc) is 2.96. The molecule has 3 rings (SSSR count). The molecule has 1 aromatic carbocycles. The minimum atomic E-state index is 0.741. The molecule has 1 heterocycles. The van der Waals surface area contributed by atoms with E-state index in [9.17, 15) is 0 Å². The zero-order chi connectivity index (χ0) is 11.8. The second kappa shape index (κ2) is 4.10. The highest BCUT2D eigenvalue weighted by atomic mass is 15.1. The third-order valence-electron chi connectivity index (χ3n) is 3.91. The third kappa shape index (κ3) is 1.92. The summed E-state index contributed by atoms with van der Waals surface area (Å²) in [4.78, 5) is 2.16. The number of nitrogens with zero attached hydrogens (tertiary/aromatic N) is 2. The van der Waals surface area contributed by atoms with Gasteiger partial charge in [-0.3, -0.25) is 0 Å². The molecule has 0 N–H and O–H groups in total. The molecule has 0 atom stereocenters. The van der Waals surface area contributed by atoms with Gasteiger partial charge >= 0.3 is 0 Å². The number of anilines is 1. The van der Waals surface area contributed by atoms with Crippen molar-refractivity contribution in [2.24, 2.45) is 0 Å². The summed E-state index contributed by atoms with van der Waals surface area (Å²) in [7, 11) is 4.18. The summed E-state index contributed by atoms with van der Waals surface area (Å²) in [6.45, 7) is 0. The van der Waals surface area contributed by atoms with Gasteiger partial charge in [0, 0.05) is 43.6 Å². The fourth-order valence-corrected chi connectivity index (χ4v) is 2.84. The predicted octanol–water partition coefficient (Wildman–Crippen LogP) is 3.82. The van der Waals surface area contributed by atoms with Crippen molar-refractivity contribution < 1.29 is 0 Å². The van der Waals surface area contributed by atoms with Crippen LogP contribution in [0.25, 0.3) is 10.8 Å². The Morgan fingerprint density at radius 2 is 1.76 bits per heavy atom. The van der Waals surface area contributed by atoms with E-state index >= 15 is 0 Å². The van der Waals surface area contributed by atoms with E-state index in [1.165, 1.54) is 42.1 Å². The maximum absolute atomic E-state index is 2.43. The fourth-order valence-electron chi connectivity index (χ4n) is 2.84. The van der Waals surface area contributed by atoms with E-state index in [1.807, 2.05) is 0 Å². The van der Waals surface area contributed by atoms with Crippen molar-refractivity contribution in [1.82, 2.24) is 4.57 Å². The number of hydrogen-bond acceptors (Lipinski definition) is 1. The van der Waals surface area contributed by atoms with Crippen LogP contribution in [0.2, 0.25) is 0 Å². The standard InChI is InChI=1S/C15H20N2/c1-16(2)15-8-7-12-10-17(11-13(12)9-15)14-5-3-4-6-14/h7-11,14H,3-6H2,1-2H3. The summed E-state index contributed by atoms with van der Waals surface area (Å²) < 4.78 is 2.43. The Balaban J connectivity index is 2.00. The van der Waals surface area contributed by atoms with E-state index in [2.05, 4.69) is 54.2 Å². The Hall–Kier alpha value is -1.44. The van der Waals surface area contributed by atoms with Crippen LogP contribution >= 0.6 is 0 Å². The summed E-state index contributed by atoms with van der Waals surface area (Å²) in [6.07, 6.45) is 10.1. The first kappa shape index (κ1) is 10.7. The Labute approximate surface area is 103 Å². The van der Waals surface area contributed by atoms with Crippen LogP contribution < -0.4 is 4.90 Å². The zero-order valence-corrected chi connectivity index (χ0v) is 10.7. The van der Waals surface area contributed by atoms with Crippen LogP contribution in [0.15, 0.2) is 30.6 Å². The van der Waals surface area contributed by atoms with Crippen molar-refractivity contribution in [3.63, 3.8) is 0 Å². The molecule has 0 spiro atoms. The summed E-state index contributed by atoms with van der Waals surface area (Å²) in [5.74, 6) is 0. The molecule has 2 nitrogen and oxygen atoms in total. The largest absolute Gasteiger partial charge is 0.378 e. The van der Waals surface area contributed by atoms with Crippen molar-refractivity contribution in [3.8, 4) is 0 Å². The number of fused-ring (bicyclic) bond motifs is 1. The number of hydrogen-bond donors (Lipinski definition) is 0. The van der Waals surface area contributed by atoms with Gasteiger partial charge in [-0.1, -0.05) is 18.9 Å². The first-order valence-corrected chi connectivity index (χ1v) is 6.52. The van der Waals surface area contributed by atoms with E-state index in [0.717, 1.165) is 6.04 Å². The van der Waals surface area contributed by atoms with Crippen LogP contribution in [0.1, 0.15) is 31.7 Å². The molecular weight excluding hydrogens is 208 g/mol. The summed E-state index contributed by atoms with van der Waals surface area (Å²) in [6, 6.07) is 7.45. The smallest absolute Gasteiger partial charge is 0.0368 e. The molecule has 1 saturated carbocycles. The molecule has 2 heteroatoms. The highest BCUT2D eigenvalue weighted by Gasteiger charge is 2.16. The van der Waals surface area contributed by atoms with Crippen molar-refractivity contribution in [2.45, 2.75) is 31.7 Å². The summed E-state index contributed by atoms with van der Waals surface area (Å²) >= 11 is 0. The van der Waals surface area contributed by atoms with E-state index in [4.69, 9.17) is 0 Å². The molecular formula is C15H20N2. The van der Waals surface area contributed by atoms with Gasteiger partial charge in [-0.25, -0.2) is 0 Å². The highest BCUT2D eigenvalue weighted by Crippen LogP contribution is 2.32. The molecule has 0 amide bonds. The molecule has 0 bridgehead atoms. The minimum absolute atomic E-state index is 0.741. The third-order valence-corrected chi connectivity index (χ3v) is 3.91. The number of benzene rings is 1. The Bertz CT molecular complexity index is 519. The van der Waals surface area contributed by atoms with Crippen molar-refractivity contribution in [3.05, 3.63) is 30.6 Å². The molecule has 0 saturated heterocycles. The van der Waals surface area contributed by atoms with Gasteiger partial charge in [0.1, 0.15) is 0 Å². The van der Waals surface area contributed by atoms with E-state index in [0.29, 0.717) is 0 Å². The number of aromatic nitrogens is 1. The lowest BCUT2D eigenvalue weighted by Crippen LogP contribution is -2.07. The van der Waals surface area contributed by atoms with Crippen LogP contribution in [-0.2, 0) is 0 Å². The second-order valence-electron chi connectivity index (χ2n) is 5.35. The van der Waals surface area contributed by atoms with Crippen molar-refractivity contribution >= 4 is 16.5 Å². The Morgan fingerprint density at radius 3 is 2.47 bits per heavy atom. The maximum atomic E-state index is 2.43. The van der Waals surface area contributed by atoms with Gasteiger partial charge in [-0.15, -0.1) is 0 Å². The fraction of sp³-hybridized carbons (Fsp3) is 0.467. The van der Waals surface area contributed by atoms with Crippen molar-refractivity contribution in [2.75, 3.05) is 19.0 Å². The zero-order valence-electron chi connectivity index (χ0n) is 10.7. The van der Waals surface area contributed by atoms with Crippen molar-refractivity contribution in [1.29, 1.82) is 0 Å². The lowest BCUT2D eigenvalue weighted by Gasteiger charge is -2.11. The van der Waals surface area contributed by atoms with E-state index < -0.39 is 0 Å². The van der Waals surface area contributed by atoms with Gasteiger partial charge in [0.05, 0.1) is 0 Å². The minimum Gasteiger partial charge on any atom is -0.378 e. The van der Waals surface area contributed by atoms with Gasteiger partial charge in [-0.05, 0) is 30.4 Å². The lowest BCUT2D eigenvalue weighted by atomic mass is 10.2. The Morgan fingerprint density at radius 1 is 1.06 bits per heavy atom. The summed E-state index contributed by atoms with van der Waals surface area (Å²) in [5.41, 5.74) is 1.28. The second-order valence-corrected chi connectivity index (χ2v) is 5.35. The molecule has 0 unspecified atom stereocenters. The van der Waals surface area contributed by atoms with Gasteiger partial charge in [0.25, 0.3) is 0 Å². The van der Waals surface area contributed by atoms with Crippen LogP contribution in [0.5, 0.6) is 0 Å². The van der Waals surface area contributed by atoms with Gasteiger partial charge in [0.2, 0.25) is 0 Å². The summed E-state index contributed by atoms with van der Waals surface area (Å²) in [5, 5.41) is 2.73. The normalized spacial score (nSPS) is 16.8. The first-order valence-electron chi connectivity index (χ1n) is 6.52. The Kier molecular flexibility index (Phi) is 2.58. The molecule has 1 fully saturated rings. The lowest BCUT2D eigenvalue weighted by molar-refractivity contribution is 0.522. The van der Waals surface area contributed by atoms with Gasteiger partial charge in [0.15, 0.2) is 0 Å². The predicted molar refractivity (Wildman–Crippen MR) is 73.8 cm³/mol. The van der Waals surface area contributed by atoms with Gasteiger partial charge < -0.3 is 9.47 Å². The van der Waals surface area contributed by atoms with E-state index in [-0.39, 0.29) is 0 Å². The molecule has 17 heavy (non-hydrogen) atoms. The molecule has 0 radical (unpaired) electrons. The van der Waals surface area contributed by atoms with Crippen LogP contribution in [-0.4, -0.2) is 18.7 Å². The van der Waals surface area contributed by atoms with Crippen LogP contribution in [0, 0.1) is 0 Å². The average molecular weight is 228 g/mol. The SMILES string of the molecule is CN(C)c1ccc2cn(C3CCCC3)cc2c1. The molecule has 1 aliphatic rings.